The van der Waals surface area contributed by atoms with Gasteiger partial charge in [0.05, 0.1) is 20.8 Å². The highest BCUT2D eigenvalue weighted by Crippen LogP contribution is 2.37. The fraction of sp³-hybridized carbons (Fsp3) is 0.222. The van der Waals surface area contributed by atoms with Gasteiger partial charge in [0.15, 0.2) is 17.3 Å². The van der Waals surface area contributed by atoms with Gasteiger partial charge in [0.2, 0.25) is 0 Å². The van der Waals surface area contributed by atoms with Gasteiger partial charge < -0.3 is 14.3 Å². The summed E-state index contributed by atoms with van der Waals surface area (Å²) < 4.78 is 10.7. The van der Waals surface area contributed by atoms with Gasteiger partial charge in [-0.2, -0.15) is 0 Å². The standard InChI is InChI=1S/C18H19NO3/c1-19-12-15(13-7-5-4-6-8-13)18(22-19)14-9-10-16(20-2)17(11-14)21-3/h4-11H,12H2,1-3H3. The second-order valence-corrected chi connectivity index (χ2v) is 5.12. The molecule has 4 heteroatoms. The molecule has 0 bridgehead atoms. The average molecular weight is 297 g/mol. The van der Waals surface area contributed by atoms with E-state index < -0.39 is 0 Å². The van der Waals surface area contributed by atoms with Crippen molar-refractivity contribution in [1.82, 2.24) is 5.06 Å². The molecule has 1 aliphatic rings. The van der Waals surface area contributed by atoms with Gasteiger partial charge in [-0.3, -0.25) is 0 Å². The first kappa shape index (κ1) is 14.5. The molecule has 3 rings (SSSR count). The van der Waals surface area contributed by atoms with Crippen LogP contribution in [0.4, 0.5) is 0 Å². The molecule has 0 aromatic heterocycles. The van der Waals surface area contributed by atoms with Crippen LogP contribution in [0.2, 0.25) is 0 Å². The molecule has 1 heterocycles. The summed E-state index contributed by atoms with van der Waals surface area (Å²) in [7, 11) is 5.19. The highest BCUT2D eigenvalue weighted by Gasteiger charge is 2.24. The third kappa shape index (κ3) is 2.65. The number of hydrogen-bond acceptors (Lipinski definition) is 4. The van der Waals surface area contributed by atoms with E-state index in [1.54, 1.807) is 14.2 Å². The second kappa shape index (κ2) is 6.12. The van der Waals surface area contributed by atoms with Gasteiger partial charge >= 0.3 is 0 Å². The third-order valence-corrected chi connectivity index (χ3v) is 3.67. The Morgan fingerprint density at radius 2 is 1.64 bits per heavy atom. The van der Waals surface area contributed by atoms with Crippen LogP contribution in [0, 0.1) is 0 Å². The zero-order valence-electron chi connectivity index (χ0n) is 13.0. The van der Waals surface area contributed by atoms with Crippen molar-refractivity contribution in [3.63, 3.8) is 0 Å². The fourth-order valence-electron chi connectivity index (χ4n) is 2.60. The molecule has 0 spiro atoms. The number of hydrogen-bond donors (Lipinski definition) is 0. The van der Waals surface area contributed by atoms with Crippen molar-refractivity contribution < 1.29 is 14.3 Å². The summed E-state index contributed by atoms with van der Waals surface area (Å²) in [5.41, 5.74) is 3.30. The van der Waals surface area contributed by atoms with E-state index >= 15 is 0 Å². The number of likely N-dealkylation sites (N-methyl/N-ethyl adjacent to an activating group) is 1. The van der Waals surface area contributed by atoms with E-state index in [0.717, 1.165) is 29.0 Å². The minimum Gasteiger partial charge on any atom is -0.493 e. The number of rotatable bonds is 4. The minimum atomic E-state index is 0.693. The maximum atomic E-state index is 5.90. The van der Waals surface area contributed by atoms with Gasteiger partial charge in [0, 0.05) is 18.2 Å². The minimum absolute atomic E-state index is 0.693. The van der Waals surface area contributed by atoms with E-state index in [0.29, 0.717) is 11.5 Å². The van der Waals surface area contributed by atoms with Crippen molar-refractivity contribution in [2.45, 2.75) is 0 Å². The lowest BCUT2D eigenvalue weighted by Gasteiger charge is -2.12. The van der Waals surface area contributed by atoms with Crippen LogP contribution in [0.3, 0.4) is 0 Å². The van der Waals surface area contributed by atoms with E-state index in [4.69, 9.17) is 14.3 Å². The van der Waals surface area contributed by atoms with Crippen molar-refractivity contribution in [2.75, 3.05) is 27.8 Å². The molecule has 0 radical (unpaired) electrons. The van der Waals surface area contributed by atoms with Crippen molar-refractivity contribution in [3.05, 3.63) is 59.7 Å². The Hall–Kier alpha value is -2.46. The van der Waals surface area contributed by atoms with Crippen molar-refractivity contribution >= 4 is 11.3 Å². The molecule has 0 atom stereocenters. The first-order valence-electron chi connectivity index (χ1n) is 7.13. The second-order valence-electron chi connectivity index (χ2n) is 5.12. The Bertz CT molecular complexity index is 695. The van der Waals surface area contributed by atoms with E-state index in [1.165, 1.54) is 0 Å². The highest BCUT2D eigenvalue weighted by atomic mass is 16.7. The number of hydroxylamine groups is 2. The molecule has 1 aliphatic heterocycles. The summed E-state index contributed by atoms with van der Waals surface area (Å²) in [5, 5.41) is 1.83. The Labute approximate surface area is 130 Å². The lowest BCUT2D eigenvalue weighted by molar-refractivity contribution is -0.0335. The third-order valence-electron chi connectivity index (χ3n) is 3.67. The molecule has 0 amide bonds. The SMILES string of the molecule is COc1ccc(C2=C(c3ccccc3)CN(C)O2)cc1OC. The molecule has 2 aromatic carbocycles. The molecule has 2 aromatic rings. The molecular weight excluding hydrogens is 278 g/mol. The quantitative estimate of drug-likeness (QED) is 0.865. The Morgan fingerprint density at radius 3 is 2.32 bits per heavy atom. The van der Waals surface area contributed by atoms with Crippen LogP contribution in [0.15, 0.2) is 48.5 Å². The molecule has 0 saturated carbocycles. The number of nitrogens with zero attached hydrogens (tertiary/aromatic N) is 1. The summed E-state index contributed by atoms with van der Waals surface area (Å²) in [6.07, 6.45) is 0. The van der Waals surface area contributed by atoms with E-state index in [-0.39, 0.29) is 0 Å². The van der Waals surface area contributed by atoms with Gasteiger partial charge in [-0.05, 0) is 23.8 Å². The van der Waals surface area contributed by atoms with Gasteiger partial charge in [-0.25, -0.2) is 0 Å². The summed E-state index contributed by atoms with van der Waals surface area (Å²) in [6, 6.07) is 16.1. The van der Waals surface area contributed by atoms with Crippen LogP contribution in [-0.2, 0) is 4.84 Å². The Balaban J connectivity index is 2.08. The molecule has 0 fully saturated rings. The summed E-state index contributed by atoms with van der Waals surface area (Å²) >= 11 is 0. The first-order valence-corrected chi connectivity index (χ1v) is 7.13. The van der Waals surface area contributed by atoms with Gasteiger partial charge in [-0.1, -0.05) is 30.3 Å². The lowest BCUT2D eigenvalue weighted by Crippen LogP contribution is -2.12. The van der Waals surface area contributed by atoms with Gasteiger partial charge in [0.1, 0.15) is 0 Å². The number of ether oxygens (including phenoxy) is 2. The van der Waals surface area contributed by atoms with Crippen LogP contribution in [-0.4, -0.2) is 32.9 Å². The van der Waals surface area contributed by atoms with Crippen LogP contribution >= 0.6 is 0 Å². The smallest absolute Gasteiger partial charge is 0.161 e. The largest absolute Gasteiger partial charge is 0.493 e. The molecule has 0 saturated heterocycles. The predicted octanol–water partition coefficient (Wildman–Crippen LogP) is 3.45. The molecule has 0 aliphatic carbocycles. The van der Waals surface area contributed by atoms with Crippen LogP contribution in [0.5, 0.6) is 11.5 Å². The molecule has 0 N–H and O–H groups in total. The van der Waals surface area contributed by atoms with E-state index in [2.05, 4.69) is 12.1 Å². The Kier molecular flexibility index (Phi) is 4.02. The van der Waals surface area contributed by atoms with E-state index in [1.807, 2.05) is 48.5 Å². The maximum Gasteiger partial charge on any atom is 0.161 e. The molecular formula is C18H19NO3. The lowest BCUT2D eigenvalue weighted by atomic mass is 10.0. The van der Waals surface area contributed by atoms with Crippen LogP contribution in [0.25, 0.3) is 11.3 Å². The maximum absolute atomic E-state index is 5.90. The average Bonchev–Trinajstić information content (AvgIpc) is 2.97. The van der Waals surface area contributed by atoms with Crippen LogP contribution < -0.4 is 9.47 Å². The van der Waals surface area contributed by atoms with Crippen molar-refractivity contribution in [2.24, 2.45) is 0 Å². The molecule has 4 nitrogen and oxygen atoms in total. The zero-order valence-corrected chi connectivity index (χ0v) is 13.0. The fourth-order valence-corrected chi connectivity index (χ4v) is 2.60. The number of benzene rings is 2. The molecule has 114 valence electrons. The highest BCUT2D eigenvalue weighted by molar-refractivity contribution is 5.90. The topological polar surface area (TPSA) is 30.9 Å². The van der Waals surface area contributed by atoms with Crippen molar-refractivity contribution in [1.29, 1.82) is 0 Å². The molecule has 22 heavy (non-hydrogen) atoms. The van der Waals surface area contributed by atoms with Gasteiger partial charge in [0.25, 0.3) is 0 Å². The predicted molar refractivity (Wildman–Crippen MR) is 86.5 cm³/mol. The van der Waals surface area contributed by atoms with Crippen LogP contribution in [0.1, 0.15) is 11.1 Å². The monoisotopic (exact) mass is 297 g/mol. The van der Waals surface area contributed by atoms with Gasteiger partial charge in [-0.15, -0.1) is 5.06 Å². The van der Waals surface area contributed by atoms with Crippen molar-refractivity contribution in [3.8, 4) is 11.5 Å². The van der Waals surface area contributed by atoms with E-state index in [9.17, 15) is 0 Å². The summed E-state index contributed by atoms with van der Waals surface area (Å²) in [6.45, 7) is 0.744. The summed E-state index contributed by atoms with van der Waals surface area (Å²) in [5.74, 6) is 2.26. The zero-order chi connectivity index (χ0) is 15.5. The normalized spacial score (nSPS) is 14.9. The summed E-state index contributed by atoms with van der Waals surface area (Å²) in [4.78, 5) is 5.90. The first-order chi connectivity index (χ1) is 10.7. The number of methoxy groups -OCH3 is 2. The molecule has 0 unspecified atom stereocenters. The Morgan fingerprint density at radius 1 is 0.909 bits per heavy atom.